The Hall–Kier alpha value is -4.99. The molecule has 3 heterocycles. The number of benzene rings is 3. The first-order chi connectivity index (χ1) is 20.8. The second-order valence-electron chi connectivity index (χ2n) is 11.4. The molecule has 2 fully saturated rings. The van der Waals surface area contributed by atoms with Gasteiger partial charge in [0.25, 0.3) is 0 Å². The van der Waals surface area contributed by atoms with Crippen molar-refractivity contribution < 1.29 is 24.0 Å². The molecular formula is C33H33N5O5. The highest BCUT2D eigenvalue weighted by Crippen LogP contribution is 2.39. The summed E-state index contributed by atoms with van der Waals surface area (Å²) in [5.41, 5.74) is 8.94. The zero-order valence-electron chi connectivity index (χ0n) is 23.6. The van der Waals surface area contributed by atoms with Crippen molar-refractivity contribution in [2.24, 2.45) is 10.9 Å². The van der Waals surface area contributed by atoms with Crippen molar-refractivity contribution in [1.82, 2.24) is 10.2 Å². The van der Waals surface area contributed by atoms with Crippen LogP contribution in [0.25, 0.3) is 0 Å². The van der Waals surface area contributed by atoms with Gasteiger partial charge >= 0.3 is 0 Å². The van der Waals surface area contributed by atoms with E-state index in [9.17, 15) is 19.2 Å². The molecule has 0 aromatic heterocycles. The van der Waals surface area contributed by atoms with Crippen molar-refractivity contribution in [3.63, 3.8) is 0 Å². The number of oxime groups is 1. The van der Waals surface area contributed by atoms with Crippen molar-refractivity contribution in [2.75, 3.05) is 11.9 Å². The van der Waals surface area contributed by atoms with Crippen molar-refractivity contribution in [3.05, 3.63) is 102 Å². The van der Waals surface area contributed by atoms with Gasteiger partial charge in [-0.15, -0.1) is 0 Å². The third kappa shape index (κ3) is 5.99. The fourth-order valence-electron chi connectivity index (χ4n) is 6.28. The zero-order valence-corrected chi connectivity index (χ0v) is 23.6. The average Bonchev–Trinajstić information content (AvgIpc) is 3.75. The lowest BCUT2D eigenvalue weighted by Gasteiger charge is -2.25. The van der Waals surface area contributed by atoms with Crippen LogP contribution in [0.1, 0.15) is 54.7 Å². The van der Waals surface area contributed by atoms with E-state index in [4.69, 9.17) is 10.6 Å². The summed E-state index contributed by atoms with van der Waals surface area (Å²) in [7, 11) is 0. The molecule has 3 aromatic rings. The molecule has 3 atom stereocenters. The largest absolute Gasteiger partial charge is 0.387 e. The van der Waals surface area contributed by atoms with E-state index in [1.807, 2.05) is 84.9 Å². The number of nitrogens with zero attached hydrogens (tertiary/aromatic N) is 2. The van der Waals surface area contributed by atoms with Crippen LogP contribution in [0.4, 0.5) is 5.69 Å². The van der Waals surface area contributed by atoms with Crippen LogP contribution in [-0.4, -0.2) is 58.5 Å². The standard InChI is InChI=1S/C33H33N5O5/c34-31(41)28-19-33(20-38(28)32(42)26-14-15-29(39)36-26)18-27(37-43-33)23-12-7-13-24(16-23)35-30(40)17-25(21-8-3-1-4-9-21)22-10-5-2-6-11-22/h1-13,16,25-26,28H,14-15,17-20H2,(H2,34,41)(H,35,40)(H,36,39)/t26-,28-,33?/m0/s1. The molecule has 0 bridgehead atoms. The molecule has 220 valence electrons. The van der Waals surface area contributed by atoms with Gasteiger partial charge < -0.3 is 26.1 Å². The predicted octanol–water partition coefficient (Wildman–Crippen LogP) is 3.08. The number of hydrogen-bond donors (Lipinski definition) is 3. The monoisotopic (exact) mass is 579 g/mol. The summed E-state index contributed by atoms with van der Waals surface area (Å²) in [6.07, 6.45) is 1.49. The van der Waals surface area contributed by atoms with Crippen LogP contribution in [0.5, 0.6) is 0 Å². The fraction of sp³-hybridized carbons (Fsp3) is 0.303. The van der Waals surface area contributed by atoms with Crippen molar-refractivity contribution >= 4 is 35.0 Å². The first-order valence-corrected chi connectivity index (χ1v) is 14.4. The van der Waals surface area contributed by atoms with Crippen LogP contribution >= 0.6 is 0 Å². The third-order valence-corrected chi connectivity index (χ3v) is 8.42. The molecule has 3 aliphatic heterocycles. The lowest BCUT2D eigenvalue weighted by atomic mass is 9.88. The smallest absolute Gasteiger partial charge is 0.245 e. The number of carbonyl (C=O) groups is 4. The summed E-state index contributed by atoms with van der Waals surface area (Å²) < 4.78 is 0. The molecule has 4 N–H and O–H groups in total. The molecule has 2 saturated heterocycles. The maximum Gasteiger partial charge on any atom is 0.245 e. The summed E-state index contributed by atoms with van der Waals surface area (Å²) >= 11 is 0. The van der Waals surface area contributed by atoms with Crippen LogP contribution in [0.3, 0.4) is 0 Å². The van der Waals surface area contributed by atoms with E-state index < -0.39 is 23.6 Å². The molecule has 1 spiro atoms. The number of nitrogens with one attached hydrogen (secondary N) is 2. The summed E-state index contributed by atoms with van der Waals surface area (Å²) in [4.78, 5) is 57.7. The Labute approximate surface area is 249 Å². The number of nitrogens with two attached hydrogens (primary N) is 1. The fourth-order valence-corrected chi connectivity index (χ4v) is 6.28. The topological polar surface area (TPSA) is 143 Å². The minimum Gasteiger partial charge on any atom is -0.387 e. The van der Waals surface area contributed by atoms with Crippen molar-refractivity contribution in [3.8, 4) is 0 Å². The molecular weight excluding hydrogens is 546 g/mol. The van der Waals surface area contributed by atoms with Crippen molar-refractivity contribution in [2.45, 2.75) is 55.7 Å². The lowest BCUT2D eigenvalue weighted by Crippen LogP contribution is -2.50. The highest BCUT2D eigenvalue weighted by Gasteiger charge is 2.54. The molecule has 0 radical (unpaired) electrons. The molecule has 0 aliphatic carbocycles. The van der Waals surface area contributed by atoms with E-state index in [0.29, 0.717) is 24.2 Å². The SMILES string of the molecule is NC(=O)[C@@H]1CC2(CC(c3cccc(NC(=O)CC(c4ccccc4)c4ccccc4)c3)=NO2)CN1C(=O)[C@@H]1CCC(=O)N1. The maximum absolute atomic E-state index is 13.3. The first-order valence-electron chi connectivity index (χ1n) is 14.4. The molecule has 43 heavy (non-hydrogen) atoms. The number of anilines is 1. The van der Waals surface area contributed by atoms with Crippen molar-refractivity contribution in [1.29, 1.82) is 0 Å². The molecule has 4 amide bonds. The van der Waals surface area contributed by atoms with E-state index in [-0.39, 0.29) is 49.4 Å². The Bertz CT molecular complexity index is 1540. The van der Waals surface area contributed by atoms with Gasteiger partial charge in [-0.3, -0.25) is 19.2 Å². The van der Waals surface area contributed by atoms with E-state index in [1.54, 1.807) is 0 Å². The first kappa shape index (κ1) is 28.1. The number of hydrogen-bond acceptors (Lipinski definition) is 6. The van der Waals surface area contributed by atoms with E-state index >= 15 is 0 Å². The Morgan fingerprint density at radius 3 is 2.35 bits per heavy atom. The Kier molecular flexibility index (Phi) is 7.67. The van der Waals surface area contributed by atoms with Gasteiger partial charge in [-0.2, -0.15) is 0 Å². The van der Waals surface area contributed by atoms with E-state index in [2.05, 4.69) is 15.8 Å². The normalized spacial score (nSPS) is 22.8. The number of amides is 4. The van der Waals surface area contributed by atoms with Crippen LogP contribution in [-0.2, 0) is 24.0 Å². The van der Waals surface area contributed by atoms with Gasteiger partial charge in [0.15, 0.2) is 5.60 Å². The van der Waals surface area contributed by atoms with Crippen LogP contribution in [0, 0.1) is 0 Å². The van der Waals surface area contributed by atoms with E-state index in [1.165, 1.54) is 4.90 Å². The molecule has 10 nitrogen and oxygen atoms in total. The zero-order chi connectivity index (χ0) is 30.0. The summed E-state index contributed by atoms with van der Waals surface area (Å²) in [6, 6.07) is 25.8. The van der Waals surface area contributed by atoms with E-state index in [0.717, 1.165) is 16.7 Å². The van der Waals surface area contributed by atoms with Crippen LogP contribution in [0.15, 0.2) is 90.1 Å². The molecule has 3 aliphatic rings. The number of primary amides is 1. The van der Waals surface area contributed by atoms with Crippen LogP contribution < -0.4 is 16.4 Å². The molecule has 1 unspecified atom stereocenters. The minimum atomic E-state index is -0.898. The second-order valence-corrected chi connectivity index (χ2v) is 11.4. The quantitative estimate of drug-likeness (QED) is 0.376. The molecule has 3 aromatic carbocycles. The van der Waals surface area contributed by atoms with Crippen LogP contribution in [0.2, 0.25) is 0 Å². The Balaban J connectivity index is 1.13. The van der Waals surface area contributed by atoms with Gasteiger partial charge in [0, 0.05) is 42.9 Å². The van der Waals surface area contributed by atoms with Gasteiger partial charge in [-0.1, -0.05) is 78.0 Å². The van der Waals surface area contributed by atoms with Gasteiger partial charge in [-0.05, 0) is 29.7 Å². The van der Waals surface area contributed by atoms with Gasteiger partial charge in [0.1, 0.15) is 12.1 Å². The highest BCUT2D eigenvalue weighted by atomic mass is 16.7. The summed E-state index contributed by atoms with van der Waals surface area (Å²) in [5, 5.41) is 10.0. The third-order valence-electron chi connectivity index (χ3n) is 8.42. The average molecular weight is 580 g/mol. The second kappa shape index (κ2) is 11.7. The highest BCUT2D eigenvalue weighted by molar-refractivity contribution is 6.03. The van der Waals surface area contributed by atoms with Gasteiger partial charge in [-0.25, -0.2) is 0 Å². The summed E-state index contributed by atoms with van der Waals surface area (Å²) in [5.74, 6) is -1.36. The number of carbonyl (C=O) groups excluding carboxylic acids is 4. The summed E-state index contributed by atoms with van der Waals surface area (Å²) in [6.45, 7) is 0.135. The molecule has 6 rings (SSSR count). The Morgan fingerprint density at radius 2 is 1.72 bits per heavy atom. The minimum absolute atomic E-state index is 0.0955. The molecule has 10 heteroatoms. The van der Waals surface area contributed by atoms with Gasteiger partial charge in [0.05, 0.1) is 12.3 Å². The maximum atomic E-state index is 13.3. The number of likely N-dealkylation sites (tertiary alicyclic amines) is 1. The molecule has 0 saturated carbocycles. The lowest BCUT2D eigenvalue weighted by molar-refractivity contribution is -0.139. The number of rotatable bonds is 8. The Morgan fingerprint density at radius 1 is 1.02 bits per heavy atom. The predicted molar refractivity (Wildman–Crippen MR) is 160 cm³/mol. The van der Waals surface area contributed by atoms with Gasteiger partial charge in [0.2, 0.25) is 23.6 Å².